The number of carbonyl (C=O) groups is 4. The first-order valence-corrected chi connectivity index (χ1v) is 12.5. The van der Waals surface area contributed by atoms with Crippen LogP contribution in [0.5, 0.6) is 0 Å². The van der Waals surface area contributed by atoms with Crippen molar-refractivity contribution in [1.29, 1.82) is 0 Å². The zero-order chi connectivity index (χ0) is 26.2. The fourth-order valence-electron chi connectivity index (χ4n) is 6.19. The van der Waals surface area contributed by atoms with Gasteiger partial charge >= 0.3 is 0 Å². The molecule has 1 saturated heterocycles. The smallest absolute Gasteiger partial charge is 0.273 e. The van der Waals surface area contributed by atoms with Gasteiger partial charge in [0.05, 0.1) is 26.8 Å². The molecule has 11 heteroatoms. The molecule has 1 aliphatic heterocycles. The molecule has 0 N–H and O–H groups in total. The van der Waals surface area contributed by atoms with E-state index in [1.165, 1.54) is 42.5 Å². The second-order valence-corrected chi connectivity index (χ2v) is 10.7. The number of nitro benzene ring substituents is 1. The molecule has 0 aromatic heterocycles. The van der Waals surface area contributed by atoms with Crippen LogP contribution in [0.25, 0.3) is 0 Å². The van der Waals surface area contributed by atoms with Crippen LogP contribution in [0.3, 0.4) is 0 Å². The van der Waals surface area contributed by atoms with Crippen molar-refractivity contribution in [2.24, 2.45) is 35.5 Å². The molecule has 2 saturated carbocycles. The monoisotopic (exact) mass is 539 g/mol. The number of Topliss-reactive ketones (excluding diaryl/α,β-unsaturated/α-hetero) is 1. The van der Waals surface area contributed by atoms with Gasteiger partial charge in [-0.15, -0.1) is 0 Å². The molecule has 2 aromatic rings. The first-order valence-electron chi connectivity index (χ1n) is 11.8. The van der Waals surface area contributed by atoms with Gasteiger partial charge in [-0.05, 0) is 60.4 Å². The maximum absolute atomic E-state index is 13.7. The van der Waals surface area contributed by atoms with Crippen LogP contribution >= 0.6 is 23.2 Å². The van der Waals surface area contributed by atoms with Gasteiger partial charge in [-0.2, -0.15) is 5.01 Å². The summed E-state index contributed by atoms with van der Waals surface area (Å²) in [6.07, 6.45) is 5.02. The summed E-state index contributed by atoms with van der Waals surface area (Å²) in [7, 11) is 0. The Morgan fingerprint density at radius 2 is 1.49 bits per heavy atom. The van der Waals surface area contributed by atoms with E-state index in [9.17, 15) is 29.3 Å². The van der Waals surface area contributed by atoms with Crippen molar-refractivity contribution < 1.29 is 24.1 Å². The molecule has 188 valence electrons. The van der Waals surface area contributed by atoms with Gasteiger partial charge < -0.3 is 0 Å². The third-order valence-corrected chi connectivity index (χ3v) is 8.71. The van der Waals surface area contributed by atoms with Gasteiger partial charge in [-0.3, -0.25) is 29.3 Å². The number of hydrazine groups is 1. The Morgan fingerprint density at radius 3 is 2.03 bits per heavy atom. The summed E-state index contributed by atoms with van der Waals surface area (Å²) in [5.41, 5.74) is -0.0573. The average molecular weight is 540 g/mol. The van der Waals surface area contributed by atoms with Crippen molar-refractivity contribution in [3.63, 3.8) is 0 Å². The highest BCUT2D eigenvalue weighted by Crippen LogP contribution is 2.65. The highest BCUT2D eigenvalue weighted by Gasteiger charge is 2.68. The molecule has 5 aliphatic rings. The molecule has 7 rings (SSSR count). The van der Waals surface area contributed by atoms with Gasteiger partial charge in [0.1, 0.15) is 6.54 Å². The topological polar surface area (TPSA) is 118 Å². The predicted molar refractivity (Wildman–Crippen MR) is 131 cm³/mol. The molecule has 4 aliphatic carbocycles. The molecule has 0 radical (unpaired) electrons. The SMILES string of the molecule is O=C(CN(C(=O)c1ccc(Cl)c(Cl)c1)N1C(=O)[C@@H]2[C@@H]3C=C[C@H]([C@@H]4C[C@H]34)[C@H]2C1=O)c1ccc([N+](=O)[O-])cc1. The summed E-state index contributed by atoms with van der Waals surface area (Å²) in [5, 5.41) is 13.0. The number of rotatable bonds is 6. The number of nitrogens with zero attached hydrogens (tertiary/aromatic N) is 3. The number of ketones is 1. The number of amides is 3. The number of benzene rings is 2. The van der Waals surface area contributed by atoms with E-state index in [0.29, 0.717) is 11.8 Å². The number of imide groups is 1. The number of hydrogen-bond donors (Lipinski definition) is 0. The average Bonchev–Trinajstić information content (AvgIpc) is 3.67. The lowest BCUT2D eigenvalue weighted by Gasteiger charge is -2.37. The molecule has 3 fully saturated rings. The molecular weight excluding hydrogens is 521 g/mol. The number of halogens is 2. The van der Waals surface area contributed by atoms with Gasteiger partial charge in [0.15, 0.2) is 5.78 Å². The highest BCUT2D eigenvalue weighted by atomic mass is 35.5. The van der Waals surface area contributed by atoms with Crippen molar-refractivity contribution in [2.75, 3.05) is 6.54 Å². The van der Waals surface area contributed by atoms with E-state index in [-0.39, 0.29) is 38.7 Å². The maximum Gasteiger partial charge on any atom is 0.273 e. The van der Waals surface area contributed by atoms with Gasteiger partial charge in [0.25, 0.3) is 23.4 Å². The lowest BCUT2D eigenvalue weighted by atomic mass is 9.63. The van der Waals surface area contributed by atoms with Gasteiger partial charge in [-0.25, -0.2) is 5.01 Å². The summed E-state index contributed by atoms with van der Waals surface area (Å²) in [6, 6.07) is 9.02. The Labute approximate surface area is 220 Å². The van der Waals surface area contributed by atoms with Crippen molar-refractivity contribution in [3.8, 4) is 0 Å². The van der Waals surface area contributed by atoms with Crippen LogP contribution in [0, 0.1) is 45.6 Å². The summed E-state index contributed by atoms with van der Waals surface area (Å²) in [5.74, 6) is -2.86. The second-order valence-electron chi connectivity index (χ2n) is 9.86. The number of carbonyl (C=O) groups excluding carboxylic acids is 4. The standard InChI is InChI=1S/C26H19Cl2N3O6/c27-19-8-3-13(9-20(19)28)24(33)29(11-21(32)12-1-4-14(5-2-12)31(36)37)30-25(34)22-15-6-7-16(18-10-17(15)18)23(22)26(30)35/h1-9,15-18,22-23H,10-11H2/t15-,16-,17-,18+,22-,23-/m1/s1. The Morgan fingerprint density at radius 1 is 0.919 bits per heavy atom. The Hall–Kier alpha value is -3.56. The summed E-state index contributed by atoms with van der Waals surface area (Å²) >= 11 is 12.1. The Kier molecular flexibility index (Phi) is 5.47. The minimum atomic E-state index is -0.764. The van der Waals surface area contributed by atoms with E-state index in [0.717, 1.165) is 16.4 Å². The molecule has 2 bridgehead atoms. The van der Waals surface area contributed by atoms with Gasteiger partial charge in [0, 0.05) is 23.3 Å². The second kappa shape index (κ2) is 8.49. The van der Waals surface area contributed by atoms with Crippen LogP contribution in [-0.4, -0.2) is 45.0 Å². The van der Waals surface area contributed by atoms with E-state index in [1.54, 1.807) is 0 Å². The van der Waals surface area contributed by atoms with Crippen LogP contribution in [0.15, 0.2) is 54.6 Å². The molecule has 6 atom stereocenters. The third-order valence-electron chi connectivity index (χ3n) is 7.98. The number of hydrogen-bond acceptors (Lipinski definition) is 6. The van der Waals surface area contributed by atoms with E-state index < -0.39 is 46.8 Å². The molecule has 0 spiro atoms. The summed E-state index contributed by atoms with van der Waals surface area (Å²) in [6.45, 7) is -0.622. The Balaban J connectivity index is 1.35. The first-order chi connectivity index (χ1) is 17.7. The van der Waals surface area contributed by atoms with Crippen LogP contribution in [0.4, 0.5) is 5.69 Å². The minimum Gasteiger partial charge on any atom is -0.292 e. The van der Waals surface area contributed by atoms with Gasteiger partial charge in [0.2, 0.25) is 0 Å². The number of non-ortho nitro benzene ring substituents is 1. The highest BCUT2D eigenvalue weighted by molar-refractivity contribution is 6.42. The first kappa shape index (κ1) is 23.8. The normalized spacial score (nSPS) is 28.6. The van der Waals surface area contributed by atoms with Crippen molar-refractivity contribution in [1.82, 2.24) is 10.0 Å². The zero-order valence-corrected chi connectivity index (χ0v) is 20.6. The van der Waals surface area contributed by atoms with E-state index in [1.807, 2.05) is 12.2 Å². The number of allylic oxidation sites excluding steroid dienone is 2. The molecular formula is C26H19Cl2N3O6. The van der Waals surface area contributed by atoms with Crippen LogP contribution in [-0.2, 0) is 9.59 Å². The summed E-state index contributed by atoms with van der Waals surface area (Å²) < 4.78 is 0. The van der Waals surface area contributed by atoms with Gasteiger partial charge in [-0.1, -0.05) is 35.4 Å². The van der Waals surface area contributed by atoms with Crippen molar-refractivity contribution >= 4 is 52.4 Å². The molecule has 3 amide bonds. The lowest BCUT2D eigenvalue weighted by molar-refractivity contribution is -0.384. The molecule has 0 unspecified atom stereocenters. The third kappa shape index (κ3) is 3.67. The quantitative estimate of drug-likeness (QED) is 0.178. The van der Waals surface area contributed by atoms with Crippen molar-refractivity contribution in [2.45, 2.75) is 6.42 Å². The van der Waals surface area contributed by atoms with E-state index in [4.69, 9.17) is 23.2 Å². The van der Waals surface area contributed by atoms with Crippen LogP contribution < -0.4 is 0 Å². The lowest BCUT2D eigenvalue weighted by Crippen LogP contribution is -2.52. The molecule has 2 aromatic carbocycles. The fraction of sp³-hybridized carbons (Fsp3) is 0.308. The minimum absolute atomic E-state index is 0.0466. The fourth-order valence-corrected chi connectivity index (χ4v) is 6.49. The molecule has 37 heavy (non-hydrogen) atoms. The Bertz CT molecular complexity index is 1390. The zero-order valence-electron chi connectivity index (χ0n) is 19.1. The van der Waals surface area contributed by atoms with Crippen molar-refractivity contribution in [3.05, 3.63) is 85.9 Å². The molecule has 1 heterocycles. The van der Waals surface area contributed by atoms with Crippen LogP contribution in [0.2, 0.25) is 10.0 Å². The predicted octanol–water partition coefficient (Wildman–Crippen LogP) is 4.19. The van der Waals surface area contributed by atoms with Crippen LogP contribution in [0.1, 0.15) is 27.1 Å². The summed E-state index contributed by atoms with van der Waals surface area (Å²) in [4.78, 5) is 64.6. The van der Waals surface area contributed by atoms with E-state index in [2.05, 4.69) is 0 Å². The molecule has 9 nitrogen and oxygen atoms in total. The number of nitro groups is 1. The maximum atomic E-state index is 13.7. The van der Waals surface area contributed by atoms with E-state index >= 15 is 0 Å². The largest absolute Gasteiger partial charge is 0.292 e.